The van der Waals surface area contributed by atoms with Crippen molar-refractivity contribution in [1.82, 2.24) is 4.98 Å². The Balaban J connectivity index is 2.12. The maximum Gasteiger partial charge on any atom is 0.141 e. The topological polar surface area (TPSA) is 36.4 Å². The molecule has 1 aromatic heterocycles. The Morgan fingerprint density at radius 2 is 1.88 bits per heavy atom. The summed E-state index contributed by atoms with van der Waals surface area (Å²) in [5.74, 6) is 0.265. The molecule has 0 aliphatic carbocycles. The van der Waals surface area contributed by atoms with Crippen molar-refractivity contribution in [3.63, 3.8) is 0 Å². The van der Waals surface area contributed by atoms with E-state index in [9.17, 15) is 5.11 Å². The van der Waals surface area contributed by atoms with E-state index in [-0.39, 0.29) is 5.75 Å². The number of benzene rings is 1. The molecule has 0 amide bonds. The van der Waals surface area contributed by atoms with E-state index < -0.39 is 0 Å². The van der Waals surface area contributed by atoms with Gasteiger partial charge in [-0.05, 0) is 31.4 Å². The third-order valence-electron chi connectivity index (χ3n) is 3.42. The molecule has 88 valence electrons. The maximum atomic E-state index is 9.81. The van der Waals surface area contributed by atoms with E-state index in [4.69, 9.17) is 0 Å². The SMILES string of the molecule is Oc1cccc2c(N3CCCCC3)ccnc12. The number of para-hydroxylation sites is 1. The van der Waals surface area contributed by atoms with Gasteiger partial charge in [-0.1, -0.05) is 12.1 Å². The van der Waals surface area contributed by atoms with E-state index in [2.05, 4.69) is 9.88 Å². The molecule has 2 heterocycles. The molecule has 1 aliphatic rings. The number of pyridine rings is 1. The van der Waals surface area contributed by atoms with Crippen LogP contribution in [0.2, 0.25) is 0 Å². The van der Waals surface area contributed by atoms with Gasteiger partial charge in [0, 0.05) is 30.4 Å². The van der Waals surface area contributed by atoms with Gasteiger partial charge in [0.25, 0.3) is 0 Å². The predicted molar refractivity (Wildman–Crippen MR) is 69.5 cm³/mol. The minimum absolute atomic E-state index is 0.265. The van der Waals surface area contributed by atoms with Gasteiger partial charge in [-0.2, -0.15) is 0 Å². The van der Waals surface area contributed by atoms with Crippen LogP contribution in [-0.4, -0.2) is 23.2 Å². The summed E-state index contributed by atoms with van der Waals surface area (Å²) in [5.41, 5.74) is 1.90. The Bertz CT molecular complexity index is 533. The average molecular weight is 228 g/mol. The van der Waals surface area contributed by atoms with E-state index in [1.54, 1.807) is 12.3 Å². The van der Waals surface area contributed by atoms with Crippen molar-refractivity contribution in [3.05, 3.63) is 30.5 Å². The number of anilines is 1. The van der Waals surface area contributed by atoms with Crippen LogP contribution in [0.3, 0.4) is 0 Å². The molecule has 1 aromatic carbocycles. The summed E-state index contributed by atoms with van der Waals surface area (Å²) in [5, 5.41) is 10.9. The molecule has 0 saturated carbocycles. The molecule has 0 unspecified atom stereocenters. The third kappa shape index (κ3) is 1.82. The molecule has 0 radical (unpaired) electrons. The fraction of sp³-hybridized carbons (Fsp3) is 0.357. The number of piperidine rings is 1. The molecule has 3 nitrogen and oxygen atoms in total. The molecular formula is C14H16N2O. The highest BCUT2D eigenvalue weighted by molar-refractivity contribution is 5.94. The third-order valence-corrected chi connectivity index (χ3v) is 3.42. The summed E-state index contributed by atoms with van der Waals surface area (Å²) in [7, 11) is 0. The van der Waals surface area contributed by atoms with Gasteiger partial charge in [-0.3, -0.25) is 4.98 Å². The smallest absolute Gasteiger partial charge is 0.141 e. The summed E-state index contributed by atoms with van der Waals surface area (Å²) in [6.07, 6.45) is 5.61. The molecule has 1 aliphatic heterocycles. The van der Waals surface area contributed by atoms with Crippen molar-refractivity contribution in [3.8, 4) is 5.75 Å². The lowest BCUT2D eigenvalue weighted by atomic mass is 10.1. The number of hydrogen-bond acceptors (Lipinski definition) is 3. The van der Waals surface area contributed by atoms with Gasteiger partial charge in [0.1, 0.15) is 11.3 Å². The van der Waals surface area contributed by atoms with Crippen molar-refractivity contribution in [2.45, 2.75) is 19.3 Å². The van der Waals surface area contributed by atoms with Crippen LogP contribution >= 0.6 is 0 Å². The highest BCUT2D eigenvalue weighted by Crippen LogP contribution is 2.31. The van der Waals surface area contributed by atoms with Crippen molar-refractivity contribution in [1.29, 1.82) is 0 Å². The first kappa shape index (κ1) is 10.4. The largest absolute Gasteiger partial charge is 0.506 e. The van der Waals surface area contributed by atoms with Crippen LogP contribution in [0.25, 0.3) is 10.9 Å². The lowest BCUT2D eigenvalue weighted by molar-refractivity contribution is 0.480. The number of phenols is 1. The highest BCUT2D eigenvalue weighted by atomic mass is 16.3. The fourth-order valence-electron chi connectivity index (χ4n) is 2.56. The number of hydrogen-bond donors (Lipinski definition) is 1. The summed E-state index contributed by atoms with van der Waals surface area (Å²) < 4.78 is 0. The zero-order valence-corrected chi connectivity index (χ0v) is 9.76. The van der Waals surface area contributed by atoms with Crippen LogP contribution in [0.4, 0.5) is 5.69 Å². The van der Waals surface area contributed by atoms with Crippen molar-refractivity contribution in [2.75, 3.05) is 18.0 Å². The number of nitrogens with zero attached hydrogens (tertiary/aromatic N) is 2. The summed E-state index contributed by atoms with van der Waals surface area (Å²) >= 11 is 0. The molecule has 0 atom stereocenters. The average Bonchev–Trinajstić information content (AvgIpc) is 2.40. The Labute approximate surface area is 101 Å². The van der Waals surface area contributed by atoms with Crippen LogP contribution in [-0.2, 0) is 0 Å². The first-order valence-electron chi connectivity index (χ1n) is 6.18. The molecule has 1 N–H and O–H groups in total. The summed E-state index contributed by atoms with van der Waals surface area (Å²) in [6.45, 7) is 2.21. The van der Waals surface area contributed by atoms with E-state index in [0.717, 1.165) is 18.5 Å². The Morgan fingerprint density at radius 1 is 1.06 bits per heavy atom. The Hall–Kier alpha value is -1.77. The monoisotopic (exact) mass is 228 g/mol. The Morgan fingerprint density at radius 3 is 2.71 bits per heavy atom. The number of fused-ring (bicyclic) bond motifs is 1. The lowest BCUT2D eigenvalue weighted by Gasteiger charge is -2.29. The van der Waals surface area contributed by atoms with Gasteiger partial charge in [0.05, 0.1) is 0 Å². The van der Waals surface area contributed by atoms with Gasteiger partial charge >= 0.3 is 0 Å². The minimum Gasteiger partial charge on any atom is -0.506 e. The lowest BCUT2D eigenvalue weighted by Crippen LogP contribution is -2.29. The first-order chi connectivity index (χ1) is 8.36. The van der Waals surface area contributed by atoms with Gasteiger partial charge < -0.3 is 10.0 Å². The number of rotatable bonds is 1. The van der Waals surface area contributed by atoms with Crippen LogP contribution in [0.1, 0.15) is 19.3 Å². The Kier molecular flexibility index (Phi) is 2.59. The van der Waals surface area contributed by atoms with Crippen LogP contribution in [0.5, 0.6) is 5.75 Å². The molecule has 3 heteroatoms. The molecule has 3 rings (SSSR count). The van der Waals surface area contributed by atoms with Crippen molar-refractivity contribution < 1.29 is 5.11 Å². The minimum atomic E-state index is 0.265. The van der Waals surface area contributed by atoms with E-state index in [0.29, 0.717) is 5.52 Å². The zero-order chi connectivity index (χ0) is 11.7. The second-order valence-electron chi connectivity index (χ2n) is 4.55. The molecule has 1 saturated heterocycles. The van der Waals surface area contributed by atoms with E-state index in [1.165, 1.54) is 24.9 Å². The zero-order valence-electron chi connectivity index (χ0n) is 9.76. The molecule has 1 fully saturated rings. The van der Waals surface area contributed by atoms with E-state index >= 15 is 0 Å². The summed E-state index contributed by atoms with van der Waals surface area (Å²) in [4.78, 5) is 6.66. The van der Waals surface area contributed by atoms with Crippen LogP contribution in [0, 0.1) is 0 Å². The maximum absolute atomic E-state index is 9.81. The molecule has 2 aromatic rings. The van der Waals surface area contributed by atoms with Crippen LogP contribution < -0.4 is 4.90 Å². The van der Waals surface area contributed by atoms with Gasteiger partial charge in [0.15, 0.2) is 0 Å². The summed E-state index contributed by atoms with van der Waals surface area (Å²) in [6, 6.07) is 7.65. The van der Waals surface area contributed by atoms with Gasteiger partial charge in [0.2, 0.25) is 0 Å². The van der Waals surface area contributed by atoms with Crippen molar-refractivity contribution in [2.24, 2.45) is 0 Å². The van der Waals surface area contributed by atoms with Gasteiger partial charge in [-0.25, -0.2) is 0 Å². The standard InChI is InChI=1S/C14H16N2O/c17-13-6-4-5-11-12(7-8-15-14(11)13)16-9-2-1-3-10-16/h4-8,17H,1-3,9-10H2. The first-order valence-corrected chi connectivity index (χ1v) is 6.18. The highest BCUT2D eigenvalue weighted by Gasteiger charge is 2.14. The number of phenolic OH excluding ortho intramolecular Hbond substituents is 1. The molecular weight excluding hydrogens is 212 g/mol. The van der Waals surface area contributed by atoms with Crippen molar-refractivity contribution >= 4 is 16.6 Å². The normalized spacial score (nSPS) is 16.4. The number of aromatic hydroxyl groups is 1. The van der Waals surface area contributed by atoms with E-state index in [1.807, 2.05) is 18.2 Å². The molecule has 17 heavy (non-hydrogen) atoms. The van der Waals surface area contributed by atoms with Crippen LogP contribution in [0.15, 0.2) is 30.5 Å². The second-order valence-corrected chi connectivity index (χ2v) is 4.55. The second kappa shape index (κ2) is 4.24. The predicted octanol–water partition coefficient (Wildman–Crippen LogP) is 2.93. The van der Waals surface area contributed by atoms with Gasteiger partial charge in [-0.15, -0.1) is 0 Å². The molecule has 0 bridgehead atoms. The molecule has 0 spiro atoms. The quantitative estimate of drug-likeness (QED) is 0.815. The number of aromatic nitrogens is 1. The fourth-order valence-corrected chi connectivity index (χ4v) is 2.56.